The Bertz CT molecular complexity index is 839. The zero-order valence-electron chi connectivity index (χ0n) is 19.5. The quantitative estimate of drug-likeness (QED) is 0.319. The molecule has 0 nitrogen and oxygen atoms in total. The Morgan fingerprint density at radius 3 is 2.16 bits per heavy atom. The molecule has 0 saturated carbocycles. The van der Waals surface area contributed by atoms with Crippen LogP contribution in [0.5, 0.6) is 0 Å². The van der Waals surface area contributed by atoms with E-state index in [-0.39, 0.29) is 5.83 Å². The van der Waals surface area contributed by atoms with Gasteiger partial charge in [0.15, 0.2) is 0 Å². The highest BCUT2D eigenvalue weighted by atomic mass is 19.1. The molecule has 0 aromatic heterocycles. The molecule has 166 valence electrons. The molecule has 0 fully saturated rings. The molecule has 0 aliphatic heterocycles. The fourth-order valence-corrected chi connectivity index (χ4v) is 4.57. The lowest BCUT2D eigenvalue weighted by Gasteiger charge is -2.21. The number of aryl methyl sites for hydroxylation is 2. The molecule has 0 amide bonds. The average Bonchev–Trinajstić information content (AvgIpc) is 2.82. The number of hydrogen-bond donors (Lipinski definition) is 0. The molecule has 3 rings (SSSR count). The third-order valence-electron chi connectivity index (χ3n) is 6.60. The van der Waals surface area contributed by atoms with E-state index < -0.39 is 0 Å². The van der Waals surface area contributed by atoms with Crippen LogP contribution in [0.4, 0.5) is 4.39 Å². The molecule has 1 unspecified atom stereocenters. The third-order valence-corrected chi connectivity index (χ3v) is 6.60. The first-order chi connectivity index (χ1) is 15.2. The van der Waals surface area contributed by atoms with Gasteiger partial charge in [-0.3, -0.25) is 0 Å². The lowest BCUT2D eigenvalue weighted by atomic mass is 9.84. The minimum Gasteiger partial charge on any atom is -0.207 e. The first-order valence-electron chi connectivity index (χ1n) is 12.4. The zero-order chi connectivity index (χ0) is 21.9. The highest BCUT2D eigenvalue weighted by Crippen LogP contribution is 2.32. The first-order valence-corrected chi connectivity index (χ1v) is 12.4. The van der Waals surface area contributed by atoms with Crippen molar-refractivity contribution in [3.63, 3.8) is 0 Å². The largest absolute Gasteiger partial charge is 0.207 e. The molecular weight excluding hydrogens is 379 g/mol. The van der Waals surface area contributed by atoms with Crippen molar-refractivity contribution in [3.05, 3.63) is 82.9 Å². The van der Waals surface area contributed by atoms with Gasteiger partial charge < -0.3 is 0 Å². The SMILES string of the molecule is CCCCCC=C(F)c1ccc(CCc2ccc(C3=CCC(CCC)CC3)cc2)cc1. The molecule has 2 aromatic carbocycles. The smallest absolute Gasteiger partial charge is 0.126 e. The van der Waals surface area contributed by atoms with Gasteiger partial charge in [0.25, 0.3) is 0 Å². The summed E-state index contributed by atoms with van der Waals surface area (Å²) in [5.41, 5.74) is 6.26. The van der Waals surface area contributed by atoms with Gasteiger partial charge in [-0.25, -0.2) is 4.39 Å². The summed E-state index contributed by atoms with van der Waals surface area (Å²) < 4.78 is 14.3. The Kier molecular flexibility index (Phi) is 9.59. The summed E-state index contributed by atoms with van der Waals surface area (Å²) in [4.78, 5) is 0. The standard InChI is InChI=1S/C30H39F/c1-3-5-6-7-9-30(31)29-22-16-26(17-23-29)11-10-25-14-20-28(21-15-25)27-18-12-24(8-4-2)13-19-27/h9,14-18,20-24H,3-8,10-13,19H2,1-2H3. The molecule has 1 heteroatoms. The maximum atomic E-state index is 14.3. The van der Waals surface area contributed by atoms with Crippen LogP contribution in [0.3, 0.4) is 0 Å². The van der Waals surface area contributed by atoms with Gasteiger partial charge in [0, 0.05) is 5.56 Å². The Hall–Kier alpha value is -2.15. The molecule has 31 heavy (non-hydrogen) atoms. The molecule has 0 spiro atoms. The van der Waals surface area contributed by atoms with Crippen LogP contribution in [0.15, 0.2) is 60.7 Å². The molecule has 1 aliphatic rings. The number of rotatable bonds is 11. The predicted octanol–water partition coefficient (Wildman–Crippen LogP) is 9.35. The zero-order valence-corrected chi connectivity index (χ0v) is 19.5. The number of halogens is 1. The summed E-state index contributed by atoms with van der Waals surface area (Å²) in [6, 6.07) is 17.1. The number of unbranched alkanes of at least 4 members (excludes halogenated alkanes) is 3. The van der Waals surface area contributed by atoms with Crippen molar-refractivity contribution in [2.45, 2.75) is 84.5 Å². The Balaban J connectivity index is 1.49. The molecule has 1 atom stereocenters. The van der Waals surface area contributed by atoms with Crippen LogP contribution in [0.25, 0.3) is 11.4 Å². The maximum Gasteiger partial charge on any atom is 0.126 e. The molecule has 2 aromatic rings. The number of hydrogen-bond acceptors (Lipinski definition) is 0. The Morgan fingerprint density at radius 1 is 0.903 bits per heavy atom. The van der Waals surface area contributed by atoms with E-state index in [4.69, 9.17) is 0 Å². The van der Waals surface area contributed by atoms with Crippen LogP contribution in [0, 0.1) is 5.92 Å². The van der Waals surface area contributed by atoms with E-state index in [1.165, 1.54) is 67.2 Å². The Morgan fingerprint density at radius 2 is 1.58 bits per heavy atom. The summed E-state index contributed by atoms with van der Waals surface area (Å²) in [6.07, 6.45) is 16.9. The van der Waals surface area contributed by atoms with Crippen molar-refractivity contribution in [1.29, 1.82) is 0 Å². The average molecular weight is 419 g/mol. The van der Waals surface area contributed by atoms with Gasteiger partial charge in [-0.2, -0.15) is 0 Å². The molecule has 0 bridgehead atoms. The van der Waals surface area contributed by atoms with Crippen molar-refractivity contribution in [3.8, 4) is 0 Å². The summed E-state index contributed by atoms with van der Waals surface area (Å²) >= 11 is 0. The van der Waals surface area contributed by atoms with Crippen molar-refractivity contribution in [2.75, 3.05) is 0 Å². The molecular formula is C30H39F. The van der Waals surface area contributed by atoms with Gasteiger partial charge in [-0.1, -0.05) is 94.1 Å². The molecule has 0 N–H and O–H groups in total. The van der Waals surface area contributed by atoms with Gasteiger partial charge in [-0.05, 0) is 79.2 Å². The Labute approximate surface area is 189 Å². The third kappa shape index (κ3) is 7.49. The van der Waals surface area contributed by atoms with E-state index in [1.54, 1.807) is 6.08 Å². The monoisotopic (exact) mass is 418 g/mol. The summed E-state index contributed by atoms with van der Waals surface area (Å²) in [7, 11) is 0. The fourth-order valence-electron chi connectivity index (χ4n) is 4.57. The van der Waals surface area contributed by atoms with E-state index >= 15 is 0 Å². The second-order valence-corrected chi connectivity index (χ2v) is 9.10. The molecule has 1 aliphatic carbocycles. The summed E-state index contributed by atoms with van der Waals surface area (Å²) in [5, 5.41) is 0. The van der Waals surface area contributed by atoms with Crippen molar-refractivity contribution in [1.82, 2.24) is 0 Å². The number of benzene rings is 2. The molecule has 0 heterocycles. The minimum absolute atomic E-state index is 0.0868. The molecule has 0 saturated heterocycles. The van der Waals surface area contributed by atoms with Crippen LogP contribution in [0.2, 0.25) is 0 Å². The van der Waals surface area contributed by atoms with Crippen LogP contribution in [-0.2, 0) is 12.8 Å². The van der Waals surface area contributed by atoms with Crippen LogP contribution >= 0.6 is 0 Å². The van der Waals surface area contributed by atoms with Crippen molar-refractivity contribution in [2.24, 2.45) is 5.92 Å². The van der Waals surface area contributed by atoms with Crippen molar-refractivity contribution >= 4 is 11.4 Å². The van der Waals surface area contributed by atoms with Gasteiger partial charge >= 0.3 is 0 Å². The fraction of sp³-hybridized carbons (Fsp3) is 0.467. The van der Waals surface area contributed by atoms with Gasteiger partial charge in [0.05, 0.1) is 0 Å². The minimum atomic E-state index is -0.0868. The number of allylic oxidation sites excluding steroid dienone is 3. The maximum absolute atomic E-state index is 14.3. The summed E-state index contributed by atoms with van der Waals surface area (Å²) in [5.74, 6) is 0.806. The van der Waals surface area contributed by atoms with Gasteiger partial charge in [0.1, 0.15) is 5.83 Å². The topological polar surface area (TPSA) is 0 Å². The van der Waals surface area contributed by atoms with E-state index in [1.807, 2.05) is 12.1 Å². The van der Waals surface area contributed by atoms with Crippen LogP contribution in [0.1, 0.15) is 93.9 Å². The first kappa shape index (κ1) is 23.5. The van der Waals surface area contributed by atoms with E-state index in [0.717, 1.165) is 31.6 Å². The van der Waals surface area contributed by atoms with Crippen LogP contribution in [-0.4, -0.2) is 0 Å². The lowest BCUT2D eigenvalue weighted by molar-refractivity contribution is 0.445. The summed E-state index contributed by atoms with van der Waals surface area (Å²) in [6.45, 7) is 4.46. The highest BCUT2D eigenvalue weighted by molar-refractivity contribution is 5.66. The van der Waals surface area contributed by atoms with E-state index in [2.05, 4.69) is 56.3 Å². The second-order valence-electron chi connectivity index (χ2n) is 9.10. The highest BCUT2D eigenvalue weighted by Gasteiger charge is 2.14. The second kappa shape index (κ2) is 12.6. The van der Waals surface area contributed by atoms with Crippen LogP contribution < -0.4 is 0 Å². The normalized spacial score (nSPS) is 16.9. The molecule has 0 radical (unpaired) electrons. The lowest BCUT2D eigenvalue weighted by Crippen LogP contribution is -2.05. The van der Waals surface area contributed by atoms with E-state index in [9.17, 15) is 4.39 Å². The van der Waals surface area contributed by atoms with Gasteiger partial charge in [-0.15, -0.1) is 0 Å². The van der Waals surface area contributed by atoms with Gasteiger partial charge in [0.2, 0.25) is 0 Å². The van der Waals surface area contributed by atoms with E-state index in [0.29, 0.717) is 5.56 Å². The predicted molar refractivity (Wildman–Crippen MR) is 134 cm³/mol. The van der Waals surface area contributed by atoms with Crippen molar-refractivity contribution < 1.29 is 4.39 Å².